The van der Waals surface area contributed by atoms with Gasteiger partial charge < -0.3 is 6.74 Å². The fourth-order valence-corrected chi connectivity index (χ4v) is 1.09. The summed E-state index contributed by atoms with van der Waals surface area (Å²) in [6, 6.07) is 4.31. The zero-order valence-corrected chi connectivity index (χ0v) is 11.3. The van der Waals surface area contributed by atoms with Crippen molar-refractivity contribution in [3.05, 3.63) is 29.6 Å². The Morgan fingerprint density at radius 1 is 1.60 bits per heavy atom. The summed E-state index contributed by atoms with van der Waals surface area (Å²) in [5.74, 6) is -0.349. The number of halogens is 1. The summed E-state index contributed by atoms with van der Waals surface area (Å²) >= 11 is 4.77. The fraction of sp³-hybridized carbons (Fsp3) is 0.111. The minimum atomic E-state index is -0.349. The van der Waals surface area contributed by atoms with E-state index in [9.17, 15) is 4.39 Å². The van der Waals surface area contributed by atoms with Crippen molar-refractivity contribution >= 4 is 23.0 Å². The number of anilines is 1. The first-order valence-electron chi connectivity index (χ1n) is 3.85. The van der Waals surface area contributed by atoms with Gasteiger partial charge >= 0.3 is 29.6 Å². The van der Waals surface area contributed by atoms with Crippen LogP contribution in [0.2, 0.25) is 0 Å². The number of nitrogens with one attached hydrogen (secondary N) is 2. The van der Waals surface area contributed by atoms with Gasteiger partial charge in [0, 0.05) is 5.69 Å². The summed E-state index contributed by atoms with van der Waals surface area (Å²) in [6.45, 7) is 1.82. The Kier molecular flexibility index (Phi) is 6.45. The molecular weight excluding hydrogens is 224 g/mol. The molecule has 1 rings (SSSR count). The number of nitriles is 1. The molecule has 6 heteroatoms. The standard InChI is InChI=1S/C9H8FN3S.Na.H/c1-6-2-3-7(10)4-8(6)13-9(14)12-5-11;;/h2-4H,1H3,(H2,12,13,14);;/q;+1;-1. The maximum atomic E-state index is 12.8. The SMILES string of the molecule is Cc1ccc(F)cc1NC(=S)NC#N.[H-].[Na+]. The van der Waals surface area contributed by atoms with Crippen LogP contribution in [-0.4, -0.2) is 5.11 Å². The topological polar surface area (TPSA) is 47.8 Å². The molecule has 0 amide bonds. The van der Waals surface area contributed by atoms with Crippen LogP contribution in [0, 0.1) is 24.2 Å². The summed E-state index contributed by atoms with van der Waals surface area (Å²) in [4.78, 5) is 0. The van der Waals surface area contributed by atoms with Crippen LogP contribution in [0.4, 0.5) is 10.1 Å². The van der Waals surface area contributed by atoms with Crippen molar-refractivity contribution in [2.75, 3.05) is 5.32 Å². The quantitative estimate of drug-likeness (QED) is 0.283. The van der Waals surface area contributed by atoms with Crippen molar-refractivity contribution in [1.82, 2.24) is 5.32 Å². The normalized spacial score (nSPS) is 8.33. The predicted octanol–water partition coefficient (Wildman–Crippen LogP) is -0.982. The van der Waals surface area contributed by atoms with Gasteiger partial charge in [-0.3, -0.25) is 5.32 Å². The average Bonchev–Trinajstić information content (AvgIpc) is 2.12. The maximum absolute atomic E-state index is 12.8. The average molecular weight is 233 g/mol. The molecule has 15 heavy (non-hydrogen) atoms. The van der Waals surface area contributed by atoms with E-state index in [-0.39, 0.29) is 41.9 Å². The Morgan fingerprint density at radius 3 is 2.87 bits per heavy atom. The molecule has 0 fully saturated rings. The number of hydrogen-bond donors (Lipinski definition) is 2. The monoisotopic (exact) mass is 233 g/mol. The van der Waals surface area contributed by atoms with Gasteiger partial charge in [0.1, 0.15) is 5.82 Å². The van der Waals surface area contributed by atoms with Gasteiger partial charge in [-0.05, 0) is 36.8 Å². The molecule has 0 radical (unpaired) electrons. The van der Waals surface area contributed by atoms with Gasteiger partial charge in [0.05, 0.1) is 0 Å². The molecule has 0 saturated heterocycles. The molecule has 0 unspecified atom stereocenters. The fourth-order valence-electron chi connectivity index (χ4n) is 0.933. The number of thiocarbonyl (C=S) groups is 1. The summed E-state index contributed by atoms with van der Waals surface area (Å²) < 4.78 is 12.8. The Morgan fingerprint density at radius 2 is 2.27 bits per heavy atom. The molecular formula is C9H9FN3NaS. The van der Waals surface area contributed by atoms with Crippen molar-refractivity contribution in [2.45, 2.75) is 6.92 Å². The summed E-state index contributed by atoms with van der Waals surface area (Å²) in [6.07, 6.45) is 1.67. The van der Waals surface area contributed by atoms with E-state index in [1.807, 2.05) is 6.92 Å². The molecule has 0 aromatic heterocycles. The Bertz CT molecular complexity index is 408. The number of aryl methyl sites for hydroxylation is 1. The molecule has 0 heterocycles. The molecule has 1 aromatic rings. The van der Waals surface area contributed by atoms with E-state index in [0.29, 0.717) is 5.69 Å². The molecule has 74 valence electrons. The number of hydrogen-bond acceptors (Lipinski definition) is 2. The van der Waals surface area contributed by atoms with E-state index in [2.05, 4.69) is 10.6 Å². The first-order chi connectivity index (χ1) is 6.63. The largest absolute Gasteiger partial charge is 1.00 e. The number of nitrogens with zero attached hydrogens (tertiary/aromatic N) is 1. The first-order valence-corrected chi connectivity index (χ1v) is 4.26. The molecule has 0 aliphatic heterocycles. The zero-order valence-electron chi connectivity index (χ0n) is 9.47. The number of benzene rings is 1. The van der Waals surface area contributed by atoms with Crippen LogP contribution < -0.4 is 40.2 Å². The third kappa shape index (κ3) is 4.58. The van der Waals surface area contributed by atoms with E-state index in [1.54, 1.807) is 12.3 Å². The van der Waals surface area contributed by atoms with Crippen LogP contribution in [0.1, 0.15) is 6.99 Å². The molecule has 2 N–H and O–H groups in total. The van der Waals surface area contributed by atoms with Crippen LogP contribution in [0.25, 0.3) is 0 Å². The molecule has 0 aliphatic carbocycles. The minimum absolute atomic E-state index is 0. The van der Waals surface area contributed by atoms with Gasteiger partial charge in [0.25, 0.3) is 0 Å². The zero-order chi connectivity index (χ0) is 10.6. The summed E-state index contributed by atoms with van der Waals surface area (Å²) in [5.41, 5.74) is 1.41. The second kappa shape index (κ2) is 6.75. The Balaban J connectivity index is 0. The van der Waals surface area contributed by atoms with Crippen LogP contribution >= 0.6 is 12.2 Å². The first kappa shape index (κ1) is 14.3. The van der Waals surface area contributed by atoms with Gasteiger partial charge in [-0.1, -0.05) is 6.07 Å². The van der Waals surface area contributed by atoms with Crippen LogP contribution in [0.5, 0.6) is 0 Å². The van der Waals surface area contributed by atoms with Crippen LogP contribution in [-0.2, 0) is 0 Å². The van der Waals surface area contributed by atoms with Crippen molar-refractivity contribution in [3.8, 4) is 6.19 Å². The third-order valence-electron chi connectivity index (χ3n) is 1.62. The molecule has 0 atom stereocenters. The van der Waals surface area contributed by atoms with E-state index in [4.69, 9.17) is 17.5 Å². The summed E-state index contributed by atoms with van der Waals surface area (Å²) in [5, 5.41) is 13.4. The third-order valence-corrected chi connectivity index (χ3v) is 1.82. The van der Waals surface area contributed by atoms with Gasteiger partial charge in [-0.2, -0.15) is 5.26 Å². The van der Waals surface area contributed by atoms with E-state index in [0.717, 1.165) is 5.56 Å². The Labute approximate surface area is 116 Å². The van der Waals surface area contributed by atoms with Gasteiger partial charge in [0.2, 0.25) is 0 Å². The second-order valence-corrected chi connectivity index (χ2v) is 3.06. The smallest absolute Gasteiger partial charge is 1.00 e. The van der Waals surface area contributed by atoms with Crippen molar-refractivity contribution in [3.63, 3.8) is 0 Å². The molecule has 1 aromatic carbocycles. The van der Waals surface area contributed by atoms with Crippen molar-refractivity contribution < 1.29 is 35.4 Å². The molecule has 3 nitrogen and oxygen atoms in total. The van der Waals surface area contributed by atoms with Crippen molar-refractivity contribution in [2.24, 2.45) is 0 Å². The molecule has 0 saturated carbocycles. The van der Waals surface area contributed by atoms with E-state index >= 15 is 0 Å². The maximum Gasteiger partial charge on any atom is 1.00 e. The number of rotatable bonds is 1. The Hall–Kier alpha value is -0.670. The summed E-state index contributed by atoms with van der Waals surface area (Å²) in [7, 11) is 0. The predicted molar refractivity (Wildman–Crippen MR) is 57.2 cm³/mol. The van der Waals surface area contributed by atoms with Crippen LogP contribution in [0.3, 0.4) is 0 Å². The van der Waals surface area contributed by atoms with Gasteiger partial charge in [0.15, 0.2) is 11.3 Å². The minimum Gasteiger partial charge on any atom is -1.00 e. The van der Waals surface area contributed by atoms with E-state index in [1.165, 1.54) is 12.1 Å². The van der Waals surface area contributed by atoms with Crippen LogP contribution in [0.15, 0.2) is 18.2 Å². The van der Waals surface area contributed by atoms with E-state index < -0.39 is 0 Å². The van der Waals surface area contributed by atoms with Gasteiger partial charge in [-0.15, -0.1) is 0 Å². The van der Waals surface area contributed by atoms with Gasteiger partial charge in [-0.25, -0.2) is 4.39 Å². The van der Waals surface area contributed by atoms with Crippen molar-refractivity contribution in [1.29, 1.82) is 5.26 Å². The molecule has 0 bridgehead atoms. The molecule has 0 aliphatic rings. The second-order valence-electron chi connectivity index (χ2n) is 2.65. The molecule has 0 spiro atoms.